The molecule has 0 spiro atoms. The van der Waals surface area contributed by atoms with E-state index in [-0.39, 0.29) is 16.8 Å². The lowest BCUT2D eigenvalue weighted by molar-refractivity contribution is 0.0977. The Balaban J connectivity index is 2.04. The van der Waals surface area contributed by atoms with E-state index in [4.69, 9.17) is 12.2 Å². The quantitative estimate of drug-likeness (QED) is 0.402. The second-order valence-electron chi connectivity index (χ2n) is 4.39. The molecule has 2 aromatic rings. The van der Waals surface area contributed by atoms with Crippen LogP contribution in [0.1, 0.15) is 15.9 Å². The van der Waals surface area contributed by atoms with Crippen LogP contribution in [-0.4, -0.2) is 16.1 Å². The molecule has 0 aromatic heterocycles. The molecule has 0 radical (unpaired) electrons. The van der Waals surface area contributed by atoms with Crippen LogP contribution in [0, 0.1) is 10.5 Å². The number of benzene rings is 2. The number of carbonyl (C=O) groups is 1. The number of hydrogen-bond acceptors (Lipinski definition) is 3. The van der Waals surface area contributed by atoms with Gasteiger partial charge in [0.1, 0.15) is 5.75 Å². The zero-order chi connectivity index (χ0) is 15.4. The van der Waals surface area contributed by atoms with Crippen LogP contribution >= 0.6 is 34.8 Å². The summed E-state index contributed by atoms with van der Waals surface area (Å²) in [5.41, 5.74) is 2.09. The van der Waals surface area contributed by atoms with Crippen molar-refractivity contribution in [2.75, 3.05) is 5.32 Å². The molecule has 108 valence electrons. The minimum atomic E-state index is -0.291. The van der Waals surface area contributed by atoms with Crippen molar-refractivity contribution in [3.05, 3.63) is 57.2 Å². The summed E-state index contributed by atoms with van der Waals surface area (Å²) >= 11 is 7.25. The second kappa shape index (κ2) is 6.86. The number of thiocarbonyl (C=S) groups is 1. The number of rotatable bonds is 2. The maximum absolute atomic E-state index is 12.1. The van der Waals surface area contributed by atoms with E-state index in [0.717, 1.165) is 9.13 Å². The minimum absolute atomic E-state index is 0.0685. The molecule has 0 unspecified atom stereocenters. The van der Waals surface area contributed by atoms with E-state index in [2.05, 4.69) is 33.2 Å². The molecule has 0 bridgehead atoms. The van der Waals surface area contributed by atoms with Crippen molar-refractivity contribution in [2.45, 2.75) is 6.92 Å². The molecule has 21 heavy (non-hydrogen) atoms. The van der Waals surface area contributed by atoms with Crippen LogP contribution in [0.4, 0.5) is 5.69 Å². The summed E-state index contributed by atoms with van der Waals surface area (Å²) in [4.78, 5) is 12.1. The zero-order valence-electron chi connectivity index (χ0n) is 11.2. The fraction of sp³-hybridized carbons (Fsp3) is 0.0667. The Kier molecular flexibility index (Phi) is 5.13. The summed E-state index contributed by atoms with van der Waals surface area (Å²) < 4.78 is 1.01. The summed E-state index contributed by atoms with van der Waals surface area (Å²) in [7, 11) is 0. The fourth-order valence-corrected chi connectivity index (χ4v) is 2.36. The number of phenolic OH excluding ortho intramolecular Hbond substituents is 1. The van der Waals surface area contributed by atoms with E-state index < -0.39 is 0 Å². The molecule has 0 aliphatic carbocycles. The molecular formula is C15H13IN2O2S. The van der Waals surface area contributed by atoms with Crippen LogP contribution in [-0.2, 0) is 0 Å². The van der Waals surface area contributed by atoms with Crippen molar-refractivity contribution >= 4 is 51.5 Å². The highest BCUT2D eigenvalue weighted by atomic mass is 127. The topological polar surface area (TPSA) is 61.4 Å². The number of anilines is 1. The molecule has 0 fully saturated rings. The SMILES string of the molecule is Cc1ccc(C(=O)NC(=S)Nc2ccccc2O)cc1I. The van der Waals surface area contributed by atoms with Gasteiger partial charge in [0.2, 0.25) is 0 Å². The highest BCUT2D eigenvalue weighted by Crippen LogP contribution is 2.21. The van der Waals surface area contributed by atoms with E-state index in [1.54, 1.807) is 30.3 Å². The molecule has 0 saturated heterocycles. The molecule has 3 N–H and O–H groups in total. The Morgan fingerprint density at radius 2 is 1.95 bits per heavy atom. The Morgan fingerprint density at radius 1 is 1.24 bits per heavy atom. The van der Waals surface area contributed by atoms with E-state index in [1.807, 2.05) is 13.0 Å². The Labute approximate surface area is 141 Å². The van der Waals surface area contributed by atoms with E-state index in [1.165, 1.54) is 6.07 Å². The number of phenols is 1. The van der Waals surface area contributed by atoms with Crippen molar-refractivity contribution in [3.8, 4) is 5.75 Å². The van der Waals surface area contributed by atoms with Crippen LogP contribution < -0.4 is 10.6 Å². The van der Waals surface area contributed by atoms with Crippen molar-refractivity contribution in [3.63, 3.8) is 0 Å². The largest absolute Gasteiger partial charge is 0.506 e. The predicted octanol–water partition coefficient (Wildman–Crippen LogP) is 3.43. The summed E-state index contributed by atoms with van der Waals surface area (Å²) in [6, 6.07) is 12.1. The van der Waals surface area contributed by atoms with Gasteiger partial charge in [-0.2, -0.15) is 0 Å². The number of aryl methyl sites for hydroxylation is 1. The minimum Gasteiger partial charge on any atom is -0.506 e. The number of hydrogen-bond donors (Lipinski definition) is 3. The van der Waals surface area contributed by atoms with Crippen molar-refractivity contribution in [2.24, 2.45) is 0 Å². The van der Waals surface area contributed by atoms with Crippen molar-refractivity contribution in [1.29, 1.82) is 0 Å². The zero-order valence-corrected chi connectivity index (χ0v) is 14.2. The molecule has 0 saturated carbocycles. The maximum Gasteiger partial charge on any atom is 0.257 e. The smallest absolute Gasteiger partial charge is 0.257 e. The number of amides is 1. The van der Waals surface area contributed by atoms with Gasteiger partial charge in [0.25, 0.3) is 5.91 Å². The highest BCUT2D eigenvalue weighted by Gasteiger charge is 2.10. The number of halogens is 1. The Hall–Kier alpha value is -1.67. The van der Waals surface area contributed by atoms with Crippen LogP contribution in [0.25, 0.3) is 0 Å². The molecular weight excluding hydrogens is 399 g/mol. The van der Waals surface area contributed by atoms with Gasteiger partial charge in [0, 0.05) is 9.13 Å². The summed E-state index contributed by atoms with van der Waals surface area (Å²) in [5, 5.41) is 15.1. The van der Waals surface area contributed by atoms with E-state index >= 15 is 0 Å². The third kappa shape index (κ3) is 4.15. The van der Waals surface area contributed by atoms with Crippen LogP contribution in [0.15, 0.2) is 42.5 Å². The van der Waals surface area contributed by atoms with Crippen molar-refractivity contribution < 1.29 is 9.90 Å². The Bertz CT molecular complexity index is 704. The highest BCUT2D eigenvalue weighted by molar-refractivity contribution is 14.1. The van der Waals surface area contributed by atoms with Crippen LogP contribution in [0.2, 0.25) is 0 Å². The van der Waals surface area contributed by atoms with Gasteiger partial charge in [-0.3, -0.25) is 10.1 Å². The number of nitrogens with one attached hydrogen (secondary N) is 2. The molecule has 6 heteroatoms. The monoisotopic (exact) mass is 412 g/mol. The summed E-state index contributed by atoms with van der Waals surface area (Å²) in [5.74, 6) is -0.222. The van der Waals surface area contributed by atoms with E-state index in [9.17, 15) is 9.90 Å². The van der Waals surface area contributed by atoms with Crippen molar-refractivity contribution in [1.82, 2.24) is 5.32 Å². The molecule has 4 nitrogen and oxygen atoms in total. The van der Waals surface area contributed by atoms with Gasteiger partial charge >= 0.3 is 0 Å². The van der Waals surface area contributed by atoms with E-state index in [0.29, 0.717) is 11.3 Å². The lowest BCUT2D eigenvalue weighted by Crippen LogP contribution is -2.34. The first-order chi connectivity index (χ1) is 9.97. The maximum atomic E-state index is 12.1. The summed E-state index contributed by atoms with van der Waals surface area (Å²) in [6.45, 7) is 1.98. The first-order valence-electron chi connectivity index (χ1n) is 6.14. The van der Waals surface area contributed by atoms with Gasteiger partial charge in [-0.05, 0) is 71.6 Å². The molecule has 0 atom stereocenters. The second-order valence-corrected chi connectivity index (χ2v) is 5.96. The molecule has 2 aromatic carbocycles. The normalized spacial score (nSPS) is 10.0. The molecule has 2 rings (SSSR count). The lowest BCUT2D eigenvalue weighted by atomic mass is 10.1. The van der Waals surface area contributed by atoms with Gasteiger partial charge in [-0.1, -0.05) is 18.2 Å². The lowest BCUT2D eigenvalue weighted by Gasteiger charge is -2.11. The molecule has 0 heterocycles. The number of carbonyl (C=O) groups excluding carboxylic acids is 1. The van der Waals surface area contributed by atoms with Gasteiger partial charge in [-0.15, -0.1) is 0 Å². The standard InChI is InChI=1S/C15H13IN2O2S/c1-9-6-7-10(8-11(9)16)14(20)18-15(21)17-12-4-2-3-5-13(12)19/h2-8,19H,1H3,(H2,17,18,20,21). The first kappa shape index (κ1) is 15.7. The van der Waals surface area contributed by atoms with Gasteiger partial charge in [-0.25, -0.2) is 0 Å². The van der Waals surface area contributed by atoms with Gasteiger partial charge in [0.15, 0.2) is 5.11 Å². The predicted molar refractivity (Wildman–Crippen MR) is 95.7 cm³/mol. The van der Waals surface area contributed by atoms with Gasteiger partial charge < -0.3 is 10.4 Å². The number of para-hydroxylation sites is 2. The molecule has 0 aliphatic rings. The number of aromatic hydroxyl groups is 1. The average molecular weight is 412 g/mol. The van der Waals surface area contributed by atoms with Crippen LogP contribution in [0.3, 0.4) is 0 Å². The Morgan fingerprint density at radius 3 is 2.62 bits per heavy atom. The molecule has 1 amide bonds. The third-order valence-electron chi connectivity index (χ3n) is 2.81. The molecule has 0 aliphatic heterocycles. The third-order valence-corrected chi connectivity index (χ3v) is 4.18. The van der Waals surface area contributed by atoms with Crippen LogP contribution in [0.5, 0.6) is 5.75 Å². The first-order valence-corrected chi connectivity index (χ1v) is 7.62. The average Bonchev–Trinajstić information content (AvgIpc) is 2.44. The fourth-order valence-electron chi connectivity index (χ4n) is 1.64. The van der Waals surface area contributed by atoms with Gasteiger partial charge in [0.05, 0.1) is 5.69 Å². The summed E-state index contributed by atoms with van der Waals surface area (Å²) in [6.07, 6.45) is 0.